The minimum atomic E-state index is 0.861. The summed E-state index contributed by atoms with van der Waals surface area (Å²) in [5, 5.41) is 3.39. The topological polar surface area (TPSA) is 12.0 Å². The highest BCUT2D eigenvalue weighted by Crippen LogP contribution is 2.09. The summed E-state index contributed by atoms with van der Waals surface area (Å²) in [7, 11) is 0. The Labute approximate surface area is 92.9 Å². The molecule has 0 aromatic heterocycles. The Morgan fingerprint density at radius 2 is 2.07 bits per heavy atom. The summed E-state index contributed by atoms with van der Waals surface area (Å²) < 4.78 is 0. The molecule has 1 nitrogen and oxygen atoms in total. The van der Waals surface area contributed by atoms with Crippen molar-refractivity contribution in [2.24, 2.45) is 0 Å². The van der Waals surface area contributed by atoms with Gasteiger partial charge in [0.2, 0.25) is 0 Å². The molecule has 0 atom stereocenters. The summed E-state index contributed by atoms with van der Waals surface area (Å²) in [6.07, 6.45) is 7.10. The summed E-state index contributed by atoms with van der Waals surface area (Å²) in [5.74, 6) is 2.64. The molecule has 0 aliphatic rings. The number of benzene rings is 1. The third kappa shape index (κ3) is 4.18. The lowest BCUT2D eigenvalue weighted by atomic mass is 10.1. The first-order valence-corrected chi connectivity index (χ1v) is 5.44. The number of hydrogen-bond donors (Lipinski definition) is 1. The summed E-state index contributed by atoms with van der Waals surface area (Å²) in [4.78, 5) is 0. The SMILES string of the molecule is C#CCCCNCc1ccc(C)c(C)c1. The fraction of sp³-hybridized carbons (Fsp3) is 0.429. The van der Waals surface area contributed by atoms with Crippen molar-refractivity contribution >= 4 is 0 Å². The van der Waals surface area contributed by atoms with Gasteiger partial charge in [0.25, 0.3) is 0 Å². The molecule has 1 aromatic carbocycles. The van der Waals surface area contributed by atoms with E-state index < -0.39 is 0 Å². The molecule has 0 bridgehead atoms. The van der Waals surface area contributed by atoms with Gasteiger partial charge in [-0.25, -0.2) is 0 Å². The van der Waals surface area contributed by atoms with Crippen LogP contribution in [0.5, 0.6) is 0 Å². The van der Waals surface area contributed by atoms with Crippen LogP contribution in [0, 0.1) is 26.2 Å². The molecule has 0 saturated heterocycles. The average Bonchev–Trinajstić information content (AvgIpc) is 2.23. The van der Waals surface area contributed by atoms with Crippen molar-refractivity contribution < 1.29 is 0 Å². The van der Waals surface area contributed by atoms with Crippen LogP contribution in [0.1, 0.15) is 29.5 Å². The van der Waals surface area contributed by atoms with Gasteiger partial charge in [-0.3, -0.25) is 0 Å². The van der Waals surface area contributed by atoms with Crippen molar-refractivity contribution in [2.45, 2.75) is 33.2 Å². The van der Waals surface area contributed by atoms with E-state index in [9.17, 15) is 0 Å². The first-order valence-electron chi connectivity index (χ1n) is 5.44. The van der Waals surface area contributed by atoms with Crippen LogP contribution in [0.4, 0.5) is 0 Å². The Kier molecular flexibility index (Phi) is 4.93. The fourth-order valence-corrected chi connectivity index (χ4v) is 1.46. The summed E-state index contributed by atoms with van der Waals surface area (Å²) in [5.41, 5.74) is 4.06. The quantitative estimate of drug-likeness (QED) is 0.570. The molecule has 0 amide bonds. The molecule has 1 rings (SSSR count). The predicted octanol–water partition coefficient (Wildman–Crippen LogP) is 2.81. The average molecular weight is 201 g/mol. The minimum Gasteiger partial charge on any atom is -0.313 e. The van der Waals surface area contributed by atoms with Gasteiger partial charge in [0.05, 0.1) is 0 Å². The van der Waals surface area contributed by atoms with Crippen LogP contribution in [0.15, 0.2) is 18.2 Å². The number of rotatable bonds is 5. The van der Waals surface area contributed by atoms with Crippen molar-refractivity contribution in [3.05, 3.63) is 34.9 Å². The molecule has 0 unspecified atom stereocenters. The highest BCUT2D eigenvalue weighted by Gasteiger charge is 1.95. The lowest BCUT2D eigenvalue weighted by Crippen LogP contribution is -2.14. The second-order valence-electron chi connectivity index (χ2n) is 3.90. The molecule has 0 aliphatic heterocycles. The third-order valence-corrected chi connectivity index (χ3v) is 2.58. The van der Waals surface area contributed by atoms with Gasteiger partial charge < -0.3 is 5.32 Å². The van der Waals surface area contributed by atoms with Crippen LogP contribution in [-0.4, -0.2) is 6.54 Å². The predicted molar refractivity (Wildman–Crippen MR) is 65.7 cm³/mol. The number of terminal acetylenes is 1. The Morgan fingerprint density at radius 1 is 1.27 bits per heavy atom. The van der Waals surface area contributed by atoms with E-state index in [0.717, 1.165) is 25.9 Å². The van der Waals surface area contributed by atoms with E-state index in [-0.39, 0.29) is 0 Å². The van der Waals surface area contributed by atoms with E-state index in [1.807, 2.05) is 0 Å². The molecule has 80 valence electrons. The second-order valence-corrected chi connectivity index (χ2v) is 3.90. The maximum absolute atomic E-state index is 5.18. The minimum absolute atomic E-state index is 0.861. The Morgan fingerprint density at radius 3 is 2.73 bits per heavy atom. The van der Waals surface area contributed by atoms with E-state index in [1.54, 1.807) is 0 Å². The van der Waals surface area contributed by atoms with Gasteiger partial charge in [-0.05, 0) is 43.5 Å². The molecule has 0 fully saturated rings. The van der Waals surface area contributed by atoms with E-state index in [1.165, 1.54) is 16.7 Å². The van der Waals surface area contributed by atoms with Crippen molar-refractivity contribution in [3.8, 4) is 12.3 Å². The lowest BCUT2D eigenvalue weighted by Gasteiger charge is -2.06. The number of nitrogens with one attached hydrogen (secondary N) is 1. The van der Waals surface area contributed by atoms with Crippen LogP contribution < -0.4 is 5.32 Å². The van der Waals surface area contributed by atoms with Crippen molar-refractivity contribution in [3.63, 3.8) is 0 Å². The van der Waals surface area contributed by atoms with Gasteiger partial charge in [0.15, 0.2) is 0 Å². The highest BCUT2D eigenvalue weighted by molar-refractivity contribution is 5.29. The second kappa shape index (κ2) is 6.27. The van der Waals surface area contributed by atoms with Crippen LogP contribution in [0.3, 0.4) is 0 Å². The molecule has 1 heteroatoms. The Balaban J connectivity index is 2.32. The number of aryl methyl sites for hydroxylation is 2. The van der Waals surface area contributed by atoms with Crippen molar-refractivity contribution in [1.29, 1.82) is 0 Å². The number of hydrogen-bond acceptors (Lipinski definition) is 1. The molecule has 0 spiro atoms. The molecule has 1 N–H and O–H groups in total. The summed E-state index contributed by atoms with van der Waals surface area (Å²) >= 11 is 0. The lowest BCUT2D eigenvalue weighted by molar-refractivity contribution is 0.659. The van der Waals surface area contributed by atoms with E-state index in [4.69, 9.17) is 6.42 Å². The molecule has 1 aromatic rings. The molecule has 0 heterocycles. The molecule has 0 aliphatic carbocycles. The van der Waals surface area contributed by atoms with Crippen molar-refractivity contribution in [2.75, 3.05) is 6.54 Å². The zero-order chi connectivity index (χ0) is 11.1. The smallest absolute Gasteiger partial charge is 0.0205 e. The van der Waals surface area contributed by atoms with Gasteiger partial charge in [-0.15, -0.1) is 12.3 Å². The normalized spacial score (nSPS) is 9.93. The summed E-state index contributed by atoms with van der Waals surface area (Å²) in [6.45, 7) is 6.22. The van der Waals surface area contributed by atoms with Gasteiger partial charge >= 0.3 is 0 Å². The van der Waals surface area contributed by atoms with Crippen LogP contribution in [0.2, 0.25) is 0 Å². The molecular weight excluding hydrogens is 182 g/mol. The largest absolute Gasteiger partial charge is 0.313 e. The van der Waals surface area contributed by atoms with E-state index in [0.29, 0.717) is 0 Å². The van der Waals surface area contributed by atoms with Crippen LogP contribution >= 0.6 is 0 Å². The standard InChI is InChI=1S/C14H19N/c1-4-5-6-9-15-11-14-8-7-12(2)13(3)10-14/h1,7-8,10,15H,5-6,9,11H2,2-3H3. The van der Waals surface area contributed by atoms with Crippen LogP contribution in [0.25, 0.3) is 0 Å². The van der Waals surface area contributed by atoms with Crippen molar-refractivity contribution in [1.82, 2.24) is 5.32 Å². The monoisotopic (exact) mass is 201 g/mol. The van der Waals surface area contributed by atoms with Gasteiger partial charge in [-0.1, -0.05) is 18.2 Å². The van der Waals surface area contributed by atoms with Gasteiger partial charge in [0.1, 0.15) is 0 Å². The fourth-order valence-electron chi connectivity index (χ4n) is 1.46. The van der Waals surface area contributed by atoms with E-state index in [2.05, 4.69) is 43.3 Å². The molecule has 0 radical (unpaired) electrons. The van der Waals surface area contributed by atoms with Gasteiger partial charge in [-0.2, -0.15) is 0 Å². The third-order valence-electron chi connectivity index (χ3n) is 2.58. The van der Waals surface area contributed by atoms with Gasteiger partial charge in [0, 0.05) is 13.0 Å². The maximum atomic E-state index is 5.18. The summed E-state index contributed by atoms with van der Waals surface area (Å²) in [6, 6.07) is 6.59. The molecular formula is C14H19N. The number of unbranched alkanes of at least 4 members (excludes halogenated alkanes) is 1. The molecule has 15 heavy (non-hydrogen) atoms. The Bertz CT molecular complexity index is 347. The van der Waals surface area contributed by atoms with E-state index >= 15 is 0 Å². The zero-order valence-electron chi connectivity index (χ0n) is 9.64. The molecule has 0 saturated carbocycles. The maximum Gasteiger partial charge on any atom is 0.0205 e. The first kappa shape index (κ1) is 11.8. The first-order chi connectivity index (χ1) is 7.24. The van der Waals surface area contributed by atoms with Crippen LogP contribution in [-0.2, 0) is 6.54 Å². The zero-order valence-corrected chi connectivity index (χ0v) is 9.64. The highest BCUT2D eigenvalue weighted by atomic mass is 14.8. The Hall–Kier alpha value is -1.26.